The number of aryl methyl sites for hydroxylation is 1. The van der Waals surface area contributed by atoms with Gasteiger partial charge in [-0.3, -0.25) is 4.79 Å². The predicted octanol–water partition coefficient (Wildman–Crippen LogP) is 3.27. The molecule has 0 aromatic carbocycles. The summed E-state index contributed by atoms with van der Waals surface area (Å²) in [6.45, 7) is 5.47. The molecule has 1 N–H and O–H groups in total. The molecule has 2 aliphatic carbocycles. The first-order valence-corrected chi connectivity index (χ1v) is 8.37. The molecular weight excluding hydrogens is 272 g/mol. The fraction of sp³-hybridized carbons (Fsp3) is 0.733. The largest absolute Gasteiger partial charge is 0.481 e. The summed E-state index contributed by atoms with van der Waals surface area (Å²) in [5.74, 6) is -0.500. The van der Waals surface area contributed by atoms with E-state index in [9.17, 15) is 9.90 Å². The first-order chi connectivity index (χ1) is 9.56. The number of carbonyl (C=O) groups is 1. The second-order valence-electron chi connectivity index (χ2n) is 6.37. The molecule has 4 nitrogen and oxygen atoms in total. The van der Waals surface area contributed by atoms with Crippen LogP contribution >= 0.6 is 11.3 Å². The Morgan fingerprint density at radius 3 is 2.80 bits per heavy atom. The van der Waals surface area contributed by atoms with Gasteiger partial charge in [0, 0.05) is 17.5 Å². The summed E-state index contributed by atoms with van der Waals surface area (Å²) >= 11 is 1.73. The minimum Gasteiger partial charge on any atom is -0.481 e. The minimum atomic E-state index is -0.718. The van der Waals surface area contributed by atoms with Crippen LogP contribution in [0.15, 0.2) is 0 Å². The van der Waals surface area contributed by atoms with Crippen molar-refractivity contribution in [2.24, 2.45) is 5.92 Å². The molecule has 0 radical (unpaired) electrons. The topological polar surface area (TPSA) is 53.4 Å². The highest BCUT2D eigenvalue weighted by Crippen LogP contribution is 2.41. The molecule has 110 valence electrons. The molecule has 0 saturated heterocycles. The van der Waals surface area contributed by atoms with Crippen molar-refractivity contribution in [2.45, 2.75) is 57.9 Å². The van der Waals surface area contributed by atoms with E-state index in [4.69, 9.17) is 4.98 Å². The van der Waals surface area contributed by atoms with Crippen LogP contribution in [0.1, 0.15) is 56.0 Å². The molecule has 0 spiro atoms. The summed E-state index contributed by atoms with van der Waals surface area (Å²) in [6, 6.07) is 0.633. The third kappa shape index (κ3) is 2.68. The molecule has 0 bridgehead atoms. The van der Waals surface area contributed by atoms with Gasteiger partial charge in [-0.25, -0.2) is 4.98 Å². The lowest BCUT2D eigenvalue weighted by molar-refractivity contribution is -0.139. The summed E-state index contributed by atoms with van der Waals surface area (Å²) in [5.41, 5.74) is 0.846. The highest BCUT2D eigenvalue weighted by atomic mass is 32.1. The maximum atomic E-state index is 11.4. The Kier molecular flexibility index (Phi) is 3.71. The highest BCUT2D eigenvalue weighted by Gasteiger charge is 2.35. The lowest BCUT2D eigenvalue weighted by Gasteiger charge is -2.23. The maximum absolute atomic E-state index is 11.4. The number of carboxylic acid groups (broad SMARTS) is 1. The first-order valence-electron chi connectivity index (χ1n) is 7.55. The Morgan fingerprint density at radius 2 is 2.20 bits per heavy atom. The summed E-state index contributed by atoms with van der Waals surface area (Å²) in [4.78, 5) is 19.7. The minimum absolute atomic E-state index is 0.385. The number of nitrogens with zero attached hydrogens (tertiary/aromatic N) is 2. The molecule has 0 amide bonds. The van der Waals surface area contributed by atoms with Gasteiger partial charge in [-0.1, -0.05) is 13.8 Å². The molecule has 2 aliphatic rings. The zero-order chi connectivity index (χ0) is 14.3. The number of hydrogen-bond acceptors (Lipinski definition) is 4. The fourth-order valence-electron chi connectivity index (χ4n) is 2.93. The number of aliphatic carboxylic acids is 1. The summed E-state index contributed by atoms with van der Waals surface area (Å²) in [7, 11) is 0. The number of anilines is 1. The molecule has 1 saturated carbocycles. The number of rotatable bonds is 5. The van der Waals surface area contributed by atoms with Crippen molar-refractivity contribution >= 4 is 22.4 Å². The average Bonchev–Trinajstić information content (AvgIpc) is 3.13. The monoisotopic (exact) mass is 294 g/mol. The second kappa shape index (κ2) is 5.35. The fourth-order valence-corrected chi connectivity index (χ4v) is 4.18. The lowest BCUT2D eigenvalue weighted by Crippen LogP contribution is -2.29. The van der Waals surface area contributed by atoms with Crippen molar-refractivity contribution in [3.8, 4) is 0 Å². The Morgan fingerprint density at radius 1 is 1.45 bits per heavy atom. The van der Waals surface area contributed by atoms with Gasteiger partial charge < -0.3 is 10.0 Å². The van der Waals surface area contributed by atoms with E-state index in [1.54, 1.807) is 11.3 Å². The van der Waals surface area contributed by atoms with Crippen LogP contribution < -0.4 is 4.90 Å². The zero-order valence-corrected chi connectivity index (χ0v) is 12.9. The summed E-state index contributed by atoms with van der Waals surface area (Å²) < 4.78 is 0. The average molecular weight is 294 g/mol. The Bertz CT molecular complexity index is 508. The van der Waals surface area contributed by atoms with E-state index in [2.05, 4.69) is 18.7 Å². The molecule has 20 heavy (non-hydrogen) atoms. The molecule has 3 rings (SSSR count). The van der Waals surface area contributed by atoms with Crippen LogP contribution in [-0.2, 0) is 11.2 Å². The van der Waals surface area contributed by atoms with E-state index < -0.39 is 5.97 Å². The van der Waals surface area contributed by atoms with Gasteiger partial charge in [0.05, 0.1) is 5.69 Å². The lowest BCUT2D eigenvalue weighted by atomic mass is 9.91. The molecular formula is C15H22N2O2S. The van der Waals surface area contributed by atoms with Crippen LogP contribution in [0.5, 0.6) is 0 Å². The quantitative estimate of drug-likeness (QED) is 0.905. The van der Waals surface area contributed by atoms with Crippen LogP contribution in [0.3, 0.4) is 0 Å². The number of carboxylic acids is 1. The Labute approximate surface area is 123 Å². The van der Waals surface area contributed by atoms with E-state index in [-0.39, 0.29) is 5.92 Å². The van der Waals surface area contributed by atoms with Crippen molar-refractivity contribution in [2.75, 3.05) is 11.4 Å². The number of hydrogen-bond donors (Lipinski definition) is 1. The van der Waals surface area contributed by atoms with Crippen molar-refractivity contribution < 1.29 is 9.90 Å². The standard InChI is InChI=1S/C15H22N2O2S/c1-9(2)8-17(10-6-7-10)15-16-13-11(14(18)19)4-3-5-12(13)20-15/h9-11H,3-8H2,1-2H3,(H,18,19). The van der Waals surface area contributed by atoms with Crippen LogP contribution in [-0.4, -0.2) is 28.6 Å². The van der Waals surface area contributed by atoms with E-state index in [1.165, 1.54) is 17.7 Å². The maximum Gasteiger partial charge on any atom is 0.312 e. The van der Waals surface area contributed by atoms with Gasteiger partial charge in [0.15, 0.2) is 5.13 Å². The van der Waals surface area contributed by atoms with Gasteiger partial charge in [0.2, 0.25) is 0 Å². The predicted molar refractivity (Wildman–Crippen MR) is 80.6 cm³/mol. The van der Waals surface area contributed by atoms with Crippen molar-refractivity contribution in [1.29, 1.82) is 0 Å². The van der Waals surface area contributed by atoms with Gasteiger partial charge in [-0.2, -0.15) is 0 Å². The second-order valence-corrected chi connectivity index (χ2v) is 7.43. The molecule has 0 aliphatic heterocycles. The van der Waals surface area contributed by atoms with Crippen LogP contribution in [0.4, 0.5) is 5.13 Å². The van der Waals surface area contributed by atoms with Gasteiger partial charge >= 0.3 is 5.97 Å². The third-order valence-electron chi connectivity index (χ3n) is 4.04. The molecule has 1 unspecified atom stereocenters. The Hall–Kier alpha value is -1.10. The molecule has 1 atom stereocenters. The Balaban J connectivity index is 1.89. The van der Waals surface area contributed by atoms with Gasteiger partial charge in [0.25, 0.3) is 0 Å². The third-order valence-corrected chi connectivity index (χ3v) is 5.20. The number of aromatic nitrogens is 1. The molecule has 1 heterocycles. The number of thiazole rings is 1. The van der Waals surface area contributed by atoms with Crippen LogP contribution in [0.2, 0.25) is 0 Å². The van der Waals surface area contributed by atoms with E-state index in [0.717, 1.165) is 36.6 Å². The van der Waals surface area contributed by atoms with Gasteiger partial charge in [-0.05, 0) is 38.0 Å². The first kappa shape index (κ1) is 13.9. The normalized spacial score (nSPS) is 21.9. The SMILES string of the molecule is CC(C)CN(c1nc2c(s1)CCCC2C(=O)O)C1CC1. The van der Waals surface area contributed by atoms with E-state index in [1.807, 2.05) is 0 Å². The molecule has 1 aromatic rings. The van der Waals surface area contributed by atoms with Crippen LogP contribution in [0, 0.1) is 5.92 Å². The summed E-state index contributed by atoms with van der Waals surface area (Å²) in [6.07, 6.45) is 5.20. The van der Waals surface area contributed by atoms with Crippen molar-refractivity contribution in [1.82, 2.24) is 4.98 Å². The van der Waals surface area contributed by atoms with Crippen LogP contribution in [0.25, 0.3) is 0 Å². The highest BCUT2D eigenvalue weighted by molar-refractivity contribution is 7.15. The molecule has 5 heteroatoms. The van der Waals surface area contributed by atoms with E-state index >= 15 is 0 Å². The molecule has 1 aromatic heterocycles. The van der Waals surface area contributed by atoms with Gasteiger partial charge in [0.1, 0.15) is 5.92 Å². The van der Waals surface area contributed by atoms with Gasteiger partial charge in [-0.15, -0.1) is 11.3 Å². The smallest absolute Gasteiger partial charge is 0.312 e. The summed E-state index contributed by atoms with van der Waals surface area (Å²) in [5, 5.41) is 10.4. The number of fused-ring (bicyclic) bond motifs is 1. The van der Waals surface area contributed by atoms with Crippen molar-refractivity contribution in [3.63, 3.8) is 0 Å². The van der Waals surface area contributed by atoms with Crippen molar-refractivity contribution in [3.05, 3.63) is 10.6 Å². The van der Waals surface area contributed by atoms with E-state index in [0.29, 0.717) is 12.0 Å². The zero-order valence-electron chi connectivity index (χ0n) is 12.1. The molecule has 1 fully saturated rings.